The number of rotatable bonds is 2. The third kappa shape index (κ3) is 1.79. The van der Waals surface area contributed by atoms with Gasteiger partial charge in [0.05, 0.1) is 6.54 Å². The third-order valence-corrected chi connectivity index (χ3v) is 2.58. The second kappa shape index (κ2) is 5.04. The molecule has 0 aliphatic carbocycles. The minimum atomic E-state index is 0. The fourth-order valence-electron chi connectivity index (χ4n) is 1.90. The Morgan fingerprint density at radius 3 is 2.75 bits per heavy atom. The van der Waals surface area contributed by atoms with Crippen molar-refractivity contribution in [3.05, 3.63) is 24.3 Å². The summed E-state index contributed by atoms with van der Waals surface area (Å²) in [6.45, 7) is 3.44. The minimum absolute atomic E-state index is 0. The van der Waals surface area contributed by atoms with Gasteiger partial charge in [-0.05, 0) is 19.1 Å². The van der Waals surface area contributed by atoms with Crippen LogP contribution in [-0.4, -0.2) is 4.57 Å². The highest BCUT2D eigenvalue weighted by Gasteiger charge is 2.17. The third-order valence-electron chi connectivity index (χ3n) is 2.58. The monoisotopic (exact) mass is 279 g/mol. The van der Waals surface area contributed by atoms with E-state index in [9.17, 15) is 0 Å². The molecule has 16 heavy (non-hydrogen) atoms. The zero-order chi connectivity index (χ0) is 10.8. The van der Waals surface area contributed by atoms with E-state index in [1.165, 1.54) is 0 Å². The Bertz CT molecular complexity index is 537. The number of nitrogens with zero attached hydrogens (tertiary/aromatic N) is 2. The summed E-state index contributed by atoms with van der Waals surface area (Å²) in [6.07, 6.45) is 5.34. The normalized spacial score (nSPS) is 9.75. The molecular formula is C12H14BrN3. The molecule has 0 saturated carbocycles. The highest BCUT2D eigenvalue weighted by Crippen LogP contribution is 2.15. The van der Waals surface area contributed by atoms with E-state index in [1.807, 2.05) is 22.8 Å². The van der Waals surface area contributed by atoms with Crippen molar-refractivity contribution in [3.8, 4) is 12.3 Å². The SMILES string of the molecule is C#CC[n+]1c(N)n(CC)c2ccccc21.[Br-]. The number of imidazole rings is 1. The van der Waals surface area contributed by atoms with E-state index in [-0.39, 0.29) is 17.0 Å². The maximum absolute atomic E-state index is 6.04. The van der Waals surface area contributed by atoms with Crippen LogP contribution in [0.15, 0.2) is 24.3 Å². The quantitative estimate of drug-likeness (QED) is 0.510. The van der Waals surface area contributed by atoms with Gasteiger partial charge in [0, 0.05) is 0 Å². The molecule has 4 heteroatoms. The maximum atomic E-state index is 6.04. The summed E-state index contributed by atoms with van der Waals surface area (Å²) in [5, 5.41) is 0. The first-order chi connectivity index (χ1) is 7.29. The minimum Gasteiger partial charge on any atom is -1.00 e. The predicted octanol–water partition coefficient (Wildman–Crippen LogP) is -1.83. The van der Waals surface area contributed by atoms with Gasteiger partial charge in [0.1, 0.15) is 17.6 Å². The van der Waals surface area contributed by atoms with Crippen LogP contribution in [0.4, 0.5) is 5.95 Å². The molecule has 0 spiro atoms. The lowest BCUT2D eigenvalue weighted by molar-refractivity contribution is -0.644. The lowest BCUT2D eigenvalue weighted by Gasteiger charge is -1.94. The van der Waals surface area contributed by atoms with Crippen molar-refractivity contribution in [1.29, 1.82) is 0 Å². The van der Waals surface area contributed by atoms with Gasteiger partial charge in [0.15, 0.2) is 0 Å². The van der Waals surface area contributed by atoms with Gasteiger partial charge in [-0.25, -0.2) is 9.13 Å². The molecule has 0 unspecified atom stereocenters. The van der Waals surface area contributed by atoms with Gasteiger partial charge in [-0.15, -0.1) is 6.42 Å². The molecule has 1 aromatic carbocycles. The van der Waals surface area contributed by atoms with E-state index in [0.717, 1.165) is 23.5 Å². The predicted molar refractivity (Wildman–Crippen MR) is 61.1 cm³/mol. The molecule has 0 saturated heterocycles. The molecule has 0 aliphatic heterocycles. The lowest BCUT2D eigenvalue weighted by Crippen LogP contribution is -3.00. The lowest BCUT2D eigenvalue weighted by atomic mass is 10.3. The molecule has 2 aromatic rings. The first kappa shape index (κ1) is 12.6. The number of para-hydroxylation sites is 2. The van der Waals surface area contributed by atoms with E-state index in [2.05, 4.69) is 23.5 Å². The van der Waals surface area contributed by atoms with Crippen LogP contribution in [0.25, 0.3) is 11.0 Å². The number of hydrogen-bond donors (Lipinski definition) is 1. The van der Waals surface area contributed by atoms with Gasteiger partial charge in [-0.2, -0.15) is 0 Å². The standard InChI is InChI=1S/C12H13N3.BrH/c1-3-9-15-11-8-6-5-7-10(11)14(4-2)12(15)13;/h1,5-8,13H,4,9H2,2H3;1H. The zero-order valence-electron chi connectivity index (χ0n) is 9.15. The van der Waals surface area contributed by atoms with Crippen LogP contribution in [0.3, 0.4) is 0 Å². The highest BCUT2D eigenvalue weighted by molar-refractivity contribution is 5.73. The molecule has 2 N–H and O–H groups in total. The van der Waals surface area contributed by atoms with Gasteiger partial charge >= 0.3 is 5.95 Å². The number of fused-ring (bicyclic) bond motifs is 1. The van der Waals surface area contributed by atoms with Crippen LogP contribution < -0.4 is 27.3 Å². The average Bonchev–Trinajstić information content (AvgIpc) is 2.53. The molecule has 0 fully saturated rings. The van der Waals surface area contributed by atoms with Crippen LogP contribution in [0.2, 0.25) is 0 Å². The van der Waals surface area contributed by atoms with Gasteiger partial charge in [-0.3, -0.25) is 5.73 Å². The van der Waals surface area contributed by atoms with Crippen molar-refractivity contribution in [1.82, 2.24) is 4.57 Å². The largest absolute Gasteiger partial charge is 1.00 e. The molecule has 0 aliphatic rings. The Morgan fingerprint density at radius 2 is 2.12 bits per heavy atom. The Kier molecular flexibility index (Phi) is 3.97. The molecule has 1 heterocycles. The summed E-state index contributed by atoms with van der Waals surface area (Å²) in [7, 11) is 0. The van der Waals surface area contributed by atoms with Gasteiger partial charge in [0.25, 0.3) is 0 Å². The van der Waals surface area contributed by atoms with Gasteiger partial charge in [0.2, 0.25) is 0 Å². The highest BCUT2D eigenvalue weighted by atomic mass is 79.9. The Labute approximate surface area is 106 Å². The second-order valence-electron chi connectivity index (χ2n) is 3.38. The van der Waals surface area contributed by atoms with Crippen molar-refractivity contribution >= 4 is 17.0 Å². The maximum Gasteiger partial charge on any atom is 0.356 e. The summed E-state index contributed by atoms with van der Waals surface area (Å²) in [6, 6.07) is 8.10. The number of nitrogen functional groups attached to an aromatic ring is 1. The Hall–Kier alpha value is -1.47. The van der Waals surface area contributed by atoms with Crippen LogP contribution >= 0.6 is 0 Å². The summed E-state index contributed by atoms with van der Waals surface area (Å²) in [4.78, 5) is 0. The zero-order valence-corrected chi connectivity index (χ0v) is 10.7. The number of hydrogen-bond acceptors (Lipinski definition) is 1. The molecule has 84 valence electrons. The number of aromatic nitrogens is 2. The van der Waals surface area contributed by atoms with E-state index in [0.29, 0.717) is 6.54 Å². The van der Waals surface area contributed by atoms with Gasteiger partial charge in [-0.1, -0.05) is 18.1 Å². The van der Waals surface area contributed by atoms with Crippen LogP contribution in [0, 0.1) is 12.3 Å². The van der Waals surface area contributed by atoms with E-state index >= 15 is 0 Å². The molecule has 0 bridgehead atoms. The number of nitrogens with two attached hydrogens (primary N) is 1. The fraction of sp³-hybridized carbons (Fsp3) is 0.250. The molecule has 2 rings (SSSR count). The summed E-state index contributed by atoms with van der Waals surface area (Å²) >= 11 is 0. The van der Waals surface area contributed by atoms with Crippen LogP contribution in [0.5, 0.6) is 0 Å². The number of anilines is 1. The topological polar surface area (TPSA) is 34.8 Å². The number of halogens is 1. The molecule has 0 radical (unpaired) electrons. The average molecular weight is 280 g/mol. The van der Waals surface area contributed by atoms with Gasteiger partial charge < -0.3 is 17.0 Å². The number of aryl methyl sites for hydroxylation is 1. The van der Waals surface area contributed by atoms with Crippen molar-refractivity contribution in [2.45, 2.75) is 20.0 Å². The smallest absolute Gasteiger partial charge is 0.356 e. The summed E-state index contributed by atoms with van der Waals surface area (Å²) < 4.78 is 4.02. The van der Waals surface area contributed by atoms with E-state index < -0.39 is 0 Å². The molecule has 0 amide bonds. The van der Waals surface area contributed by atoms with Crippen molar-refractivity contribution in [2.75, 3.05) is 5.73 Å². The van der Waals surface area contributed by atoms with Crippen molar-refractivity contribution in [3.63, 3.8) is 0 Å². The first-order valence-electron chi connectivity index (χ1n) is 4.99. The Morgan fingerprint density at radius 1 is 1.44 bits per heavy atom. The Balaban J connectivity index is 0.00000128. The number of benzene rings is 1. The molecule has 1 aromatic heterocycles. The first-order valence-corrected chi connectivity index (χ1v) is 4.99. The molecular weight excluding hydrogens is 266 g/mol. The fourth-order valence-corrected chi connectivity index (χ4v) is 1.90. The van der Waals surface area contributed by atoms with Crippen molar-refractivity contribution in [2.24, 2.45) is 0 Å². The number of terminal acetylenes is 1. The molecule has 0 atom stereocenters. The second-order valence-corrected chi connectivity index (χ2v) is 3.38. The van der Waals surface area contributed by atoms with Crippen molar-refractivity contribution < 1.29 is 21.5 Å². The van der Waals surface area contributed by atoms with Crippen LogP contribution in [0.1, 0.15) is 6.92 Å². The van der Waals surface area contributed by atoms with E-state index in [4.69, 9.17) is 12.2 Å². The van der Waals surface area contributed by atoms with Crippen LogP contribution in [-0.2, 0) is 13.1 Å². The molecule has 3 nitrogen and oxygen atoms in total. The van der Waals surface area contributed by atoms with E-state index in [1.54, 1.807) is 0 Å². The summed E-state index contributed by atoms with van der Waals surface area (Å²) in [5.74, 6) is 3.34. The summed E-state index contributed by atoms with van der Waals surface area (Å²) in [5.41, 5.74) is 8.27.